The fourth-order valence-electron chi connectivity index (χ4n) is 2.76. The van der Waals surface area contributed by atoms with Crippen LogP contribution in [0.2, 0.25) is 0 Å². The molecule has 0 fully saturated rings. The third-order valence-electron chi connectivity index (χ3n) is 4.08. The van der Waals surface area contributed by atoms with E-state index >= 15 is 0 Å². The minimum atomic E-state index is -0.00698. The number of thioether (sulfide) groups is 1. The Labute approximate surface area is 146 Å². The maximum atomic E-state index is 4.84. The van der Waals surface area contributed by atoms with Crippen LogP contribution >= 0.6 is 11.8 Å². The van der Waals surface area contributed by atoms with Crippen molar-refractivity contribution in [2.45, 2.75) is 12.4 Å². The number of anilines is 1. The second-order valence-corrected chi connectivity index (χ2v) is 6.87. The van der Waals surface area contributed by atoms with Crippen molar-refractivity contribution in [3.63, 3.8) is 0 Å². The number of nitrogens with one attached hydrogen (secondary N) is 1. The van der Waals surface area contributed by atoms with Gasteiger partial charge in [-0.25, -0.2) is 4.99 Å². The van der Waals surface area contributed by atoms with Gasteiger partial charge in [0.2, 0.25) is 0 Å². The second-order valence-electron chi connectivity index (χ2n) is 5.88. The highest BCUT2D eigenvalue weighted by molar-refractivity contribution is 8.02. The van der Waals surface area contributed by atoms with Crippen LogP contribution in [-0.4, -0.2) is 11.2 Å². The Kier molecular flexibility index (Phi) is 4.09. The number of rotatable bonds is 3. The molecule has 24 heavy (non-hydrogen) atoms. The average molecular weight is 330 g/mol. The quantitative estimate of drug-likeness (QED) is 0.676. The van der Waals surface area contributed by atoms with Gasteiger partial charge < -0.3 is 5.32 Å². The summed E-state index contributed by atoms with van der Waals surface area (Å²) in [7, 11) is 0. The summed E-state index contributed by atoms with van der Waals surface area (Å²) < 4.78 is 0. The highest BCUT2D eigenvalue weighted by Gasteiger charge is 2.12. The Bertz CT molecular complexity index is 926. The van der Waals surface area contributed by atoms with Crippen LogP contribution in [0.4, 0.5) is 5.69 Å². The molecule has 3 aromatic carbocycles. The lowest BCUT2D eigenvalue weighted by Crippen LogP contribution is -2.17. The summed E-state index contributed by atoms with van der Waals surface area (Å²) >= 11 is 1.69. The summed E-state index contributed by atoms with van der Waals surface area (Å²) in [6.45, 7) is 2.10. The van der Waals surface area contributed by atoms with Gasteiger partial charge in [0, 0.05) is 5.69 Å². The van der Waals surface area contributed by atoms with Crippen molar-refractivity contribution in [3.8, 4) is 0 Å². The second kappa shape index (κ2) is 6.54. The van der Waals surface area contributed by atoms with Crippen molar-refractivity contribution >= 4 is 33.9 Å². The van der Waals surface area contributed by atoms with E-state index in [2.05, 4.69) is 90.5 Å². The van der Waals surface area contributed by atoms with Crippen molar-refractivity contribution < 1.29 is 0 Å². The van der Waals surface area contributed by atoms with Crippen molar-refractivity contribution in [1.29, 1.82) is 0 Å². The van der Waals surface area contributed by atoms with Crippen LogP contribution in [-0.2, 0) is 0 Å². The largest absolute Gasteiger partial charge is 0.355 e. The van der Waals surface area contributed by atoms with Gasteiger partial charge in [0.05, 0.1) is 5.71 Å². The molecule has 1 heterocycles. The van der Waals surface area contributed by atoms with Crippen LogP contribution in [0.5, 0.6) is 0 Å². The Morgan fingerprint density at radius 1 is 0.917 bits per heavy atom. The van der Waals surface area contributed by atoms with E-state index < -0.39 is 0 Å². The predicted molar refractivity (Wildman–Crippen MR) is 106 cm³/mol. The first-order valence-corrected chi connectivity index (χ1v) is 8.94. The maximum Gasteiger partial charge on any atom is 0.171 e. The Morgan fingerprint density at radius 3 is 2.54 bits per heavy atom. The van der Waals surface area contributed by atoms with E-state index in [9.17, 15) is 0 Å². The topological polar surface area (TPSA) is 24.4 Å². The zero-order valence-corrected chi connectivity index (χ0v) is 14.3. The van der Waals surface area contributed by atoms with Crippen LogP contribution in [0, 0.1) is 6.92 Å². The van der Waals surface area contributed by atoms with Gasteiger partial charge >= 0.3 is 0 Å². The molecular formula is C21H18N2S. The van der Waals surface area contributed by atoms with Crippen molar-refractivity contribution in [3.05, 3.63) is 89.3 Å². The number of benzene rings is 3. The van der Waals surface area contributed by atoms with Crippen LogP contribution < -0.4 is 5.32 Å². The van der Waals surface area contributed by atoms with E-state index in [1.165, 1.54) is 16.3 Å². The number of allylic oxidation sites excluding steroid dienone is 1. The summed E-state index contributed by atoms with van der Waals surface area (Å²) in [5, 5.41) is 8.11. The van der Waals surface area contributed by atoms with E-state index in [1.54, 1.807) is 11.8 Å². The van der Waals surface area contributed by atoms with Crippen LogP contribution in [0.15, 0.2) is 83.2 Å². The minimum absolute atomic E-state index is 0.00698. The molecule has 118 valence electrons. The fourth-order valence-corrected chi connectivity index (χ4v) is 3.50. The first-order chi connectivity index (χ1) is 11.8. The number of aliphatic imine (C=N–C) groups is 1. The van der Waals surface area contributed by atoms with Gasteiger partial charge in [-0.05, 0) is 46.9 Å². The van der Waals surface area contributed by atoms with Gasteiger partial charge in [-0.2, -0.15) is 0 Å². The van der Waals surface area contributed by atoms with Gasteiger partial charge in [0.15, 0.2) is 5.50 Å². The molecule has 3 aromatic rings. The van der Waals surface area contributed by atoms with Crippen molar-refractivity contribution in [2.75, 3.05) is 5.32 Å². The van der Waals surface area contributed by atoms with Crippen LogP contribution in [0.25, 0.3) is 10.8 Å². The standard InChI is InChI=1S/C21H18N2S/c1-15-6-8-17(9-7-15)20-12-13-24-21(23-20)22-19-11-10-16-4-2-3-5-18(16)14-19/h2-14,21-22H,1H3. The first kappa shape index (κ1) is 15.0. The number of aryl methyl sites for hydroxylation is 1. The zero-order valence-electron chi connectivity index (χ0n) is 13.4. The maximum absolute atomic E-state index is 4.84. The molecule has 0 amide bonds. The Hall–Kier alpha value is -2.52. The van der Waals surface area contributed by atoms with Gasteiger partial charge in [-0.3, -0.25) is 0 Å². The fraction of sp³-hybridized carbons (Fsp3) is 0.0952. The molecule has 0 saturated heterocycles. The van der Waals surface area contributed by atoms with E-state index in [-0.39, 0.29) is 5.50 Å². The lowest BCUT2D eigenvalue weighted by molar-refractivity contribution is 1.06. The molecule has 0 radical (unpaired) electrons. The molecule has 2 nitrogen and oxygen atoms in total. The molecule has 0 aromatic heterocycles. The highest BCUT2D eigenvalue weighted by atomic mass is 32.2. The molecule has 3 heteroatoms. The van der Waals surface area contributed by atoms with Crippen molar-refractivity contribution in [1.82, 2.24) is 0 Å². The van der Waals surface area contributed by atoms with Crippen LogP contribution in [0.1, 0.15) is 11.1 Å². The molecule has 4 rings (SSSR count). The third-order valence-corrected chi connectivity index (χ3v) is 4.85. The van der Waals surface area contributed by atoms with E-state index in [0.717, 1.165) is 17.0 Å². The molecule has 0 spiro atoms. The monoisotopic (exact) mass is 330 g/mol. The van der Waals surface area contributed by atoms with Gasteiger partial charge in [-0.15, -0.1) is 0 Å². The Balaban J connectivity index is 1.57. The van der Waals surface area contributed by atoms with E-state index in [4.69, 9.17) is 4.99 Å². The lowest BCUT2D eigenvalue weighted by atomic mass is 10.1. The third kappa shape index (κ3) is 3.22. The average Bonchev–Trinajstić information content (AvgIpc) is 2.62. The van der Waals surface area contributed by atoms with Gasteiger partial charge in [0.25, 0.3) is 0 Å². The number of hydrogen-bond acceptors (Lipinski definition) is 3. The van der Waals surface area contributed by atoms with Crippen LogP contribution in [0.3, 0.4) is 0 Å². The molecule has 1 unspecified atom stereocenters. The molecule has 1 N–H and O–H groups in total. The number of hydrogen-bond donors (Lipinski definition) is 1. The van der Waals surface area contributed by atoms with Gasteiger partial charge in [0.1, 0.15) is 0 Å². The van der Waals surface area contributed by atoms with E-state index in [0.29, 0.717) is 0 Å². The summed E-state index contributed by atoms with van der Waals surface area (Å²) in [6, 6.07) is 23.3. The summed E-state index contributed by atoms with van der Waals surface area (Å²) in [5.41, 5.74) is 4.52. The normalized spacial score (nSPS) is 16.9. The number of fused-ring (bicyclic) bond motifs is 1. The molecule has 1 atom stereocenters. The highest BCUT2D eigenvalue weighted by Crippen LogP contribution is 2.25. The van der Waals surface area contributed by atoms with Gasteiger partial charge in [-0.1, -0.05) is 71.9 Å². The smallest absolute Gasteiger partial charge is 0.171 e. The molecule has 0 saturated carbocycles. The lowest BCUT2D eigenvalue weighted by Gasteiger charge is -2.19. The molecular weight excluding hydrogens is 312 g/mol. The first-order valence-electron chi connectivity index (χ1n) is 8.00. The molecule has 0 aliphatic carbocycles. The Morgan fingerprint density at radius 2 is 1.71 bits per heavy atom. The SMILES string of the molecule is Cc1ccc(C2=NC(Nc3ccc4ccccc4c3)SC=C2)cc1. The zero-order chi connectivity index (χ0) is 16.4. The van der Waals surface area contributed by atoms with Crippen molar-refractivity contribution in [2.24, 2.45) is 4.99 Å². The summed E-state index contributed by atoms with van der Waals surface area (Å²) in [5.74, 6) is 0. The van der Waals surface area contributed by atoms with E-state index in [1.807, 2.05) is 0 Å². The summed E-state index contributed by atoms with van der Waals surface area (Å²) in [6.07, 6.45) is 2.08. The molecule has 1 aliphatic rings. The predicted octanol–water partition coefficient (Wildman–Crippen LogP) is 5.59. The summed E-state index contributed by atoms with van der Waals surface area (Å²) in [4.78, 5) is 4.84. The minimum Gasteiger partial charge on any atom is -0.355 e. The molecule has 1 aliphatic heterocycles. The molecule has 0 bridgehead atoms. The number of nitrogens with zero attached hydrogens (tertiary/aromatic N) is 1.